The van der Waals surface area contributed by atoms with E-state index >= 15 is 0 Å². The van der Waals surface area contributed by atoms with Crippen molar-refractivity contribution in [2.24, 2.45) is 0 Å². The van der Waals surface area contributed by atoms with E-state index in [0.717, 1.165) is 25.7 Å². The molecule has 0 radical (unpaired) electrons. The van der Waals surface area contributed by atoms with E-state index < -0.39 is 12.8 Å². The monoisotopic (exact) mass is 373 g/mol. The molecular formula is C17H22F3N3O3. The van der Waals surface area contributed by atoms with Crippen LogP contribution in [0.25, 0.3) is 0 Å². The largest absolute Gasteiger partial charge is 0.468 e. The third-order valence-electron chi connectivity index (χ3n) is 4.58. The van der Waals surface area contributed by atoms with Crippen molar-refractivity contribution >= 4 is 5.91 Å². The fraction of sp³-hybridized carbons (Fsp3) is 0.647. The zero-order valence-corrected chi connectivity index (χ0v) is 14.3. The van der Waals surface area contributed by atoms with Gasteiger partial charge in [0.25, 0.3) is 5.91 Å². The van der Waals surface area contributed by atoms with Crippen LogP contribution in [0.4, 0.5) is 13.2 Å². The van der Waals surface area contributed by atoms with Crippen LogP contribution in [0.1, 0.15) is 47.5 Å². The van der Waals surface area contributed by atoms with Crippen molar-refractivity contribution in [1.82, 2.24) is 15.4 Å². The summed E-state index contributed by atoms with van der Waals surface area (Å²) >= 11 is 0. The maximum Gasteiger partial charge on any atom is 0.422 e. The van der Waals surface area contributed by atoms with Gasteiger partial charge >= 0.3 is 6.18 Å². The van der Waals surface area contributed by atoms with Crippen molar-refractivity contribution in [3.05, 3.63) is 23.4 Å². The minimum atomic E-state index is -4.43. The summed E-state index contributed by atoms with van der Waals surface area (Å²) in [6.45, 7) is 0.855. The predicted molar refractivity (Wildman–Crippen MR) is 86.9 cm³/mol. The van der Waals surface area contributed by atoms with Gasteiger partial charge in [0.05, 0.1) is 18.8 Å². The molecule has 1 aromatic rings. The Morgan fingerprint density at radius 1 is 1.31 bits per heavy atom. The van der Waals surface area contributed by atoms with Crippen molar-refractivity contribution in [2.75, 3.05) is 32.9 Å². The van der Waals surface area contributed by atoms with Crippen molar-refractivity contribution in [3.8, 4) is 5.88 Å². The Bertz CT molecular complexity index is 627. The normalized spacial score (nSPS) is 19.5. The molecule has 0 unspecified atom stereocenters. The van der Waals surface area contributed by atoms with Crippen LogP contribution >= 0.6 is 0 Å². The second-order valence-corrected chi connectivity index (χ2v) is 6.54. The first-order valence-electron chi connectivity index (χ1n) is 8.75. The van der Waals surface area contributed by atoms with E-state index in [1.54, 1.807) is 11.1 Å². The number of ether oxygens (including phenoxy) is 2. The Balaban J connectivity index is 1.75. The molecular weight excluding hydrogens is 351 g/mol. The van der Waals surface area contributed by atoms with Gasteiger partial charge in [0.2, 0.25) is 5.88 Å². The minimum Gasteiger partial charge on any atom is -0.468 e. The molecule has 2 fully saturated rings. The summed E-state index contributed by atoms with van der Waals surface area (Å²) in [5, 5.41) is 1.76. The van der Waals surface area contributed by atoms with Crippen LogP contribution in [0.2, 0.25) is 0 Å². The highest BCUT2D eigenvalue weighted by molar-refractivity contribution is 5.93. The third kappa shape index (κ3) is 5.07. The van der Waals surface area contributed by atoms with Crippen LogP contribution in [-0.4, -0.2) is 55.0 Å². The number of hydrogen-bond donors (Lipinski definition) is 1. The van der Waals surface area contributed by atoms with Gasteiger partial charge in [-0.05, 0) is 24.8 Å². The number of carbonyl (C=O) groups is 1. The number of halogens is 3. The molecule has 2 aliphatic rings. The second-order valence-electron chi connectivity index (χ2n) is 6.54. The highest BCUT2D eigenvalue weighted by atomic mass is 19.4. The SMILES string of the molecule is O=C(NN1CCOCC1)c1cnc(OCC(F)(F)F)c(C2CCCC2)c1. The molecule has 6 nitrogen and oxygen atoms in total. The second kappa shape index (κ2) is 8.22. The van der Waals surface area contributed by atoms with E-state index in [1.807, 2.05) is 0 Å². The maximum absolute atomic E-state index is 12.5. The number of aromatic nitrogens is 1. The molecule has 26 heavy (non-hydrogen) atoms. The lowest BCUT2D eigenvalue weighted by atomic mass is 9.97. The minimum absolute atomic E-state index is 0.0304. The Morgan fingerprint density at radius 3 is 2.65 bits per heavy atom. The summed E-state index contributed by atoms with van der Waals surface area (Å²) < 4.78 is 47.6. The topological polar surface area (TPSA) is 63.7 Å². The zero-order valence-electron chi connectivity index (χ0n) is 14.3. The fourth-order valence-corrected chi connectivity index (χ4v) is 3.28. The highest BCUT2D eigenvalue weighted by Crippen LogP contribution is 2.38. The molecule has 1 aliphatic heterocycles. The number of amides is 1. The number of morpholine rings is 1. The Morgan fingerprint density at radius 2 is 2.00 bits per heavy atom. The molecule has 1 amide bonds. The summed E-state index contributed by atoms with van der Waals surface area (Å²) in [4.78, 5) is 16.5. The lowest BCUT2D eigenvalue weighted by Crippen LogP contribution is -2.48. The third-order valence-corrected chi connectivity index (χ3v) is 4.58. The lowest BCUT2D eigenvalue weighted by Gasteiger charge is -2.27. The summed E-state index contributed by atoms with van der Waals surface area (Å²) in [7, 11) is 0. The van der Waals surface area contributed by atoms with Crippen molar-refractivity contribution in [3.63, 3.8) is 0 Å². The molecule has 1 N–H and O–H groups in total. The van der Waals surface area contributed by atoms with Crippen molar-refractivity contribution < 1.29 is 27.4 Å². The van der Waals surface area contributed by atoms with Gasteiger partial charge in [-0.2, -0.15) is 13.2 Å². The molecule has 1 saturated carbocycles. The Hall–Kier alpha value is -1.87. The smallest absolute Gasteiger partial charge is 0.422 e. The first-order valence-corrected chi connectivity index (χ1v) is 8.75. The molecule has 0 atom stereocenters. The molecule has 0 bridgehead atoms. The number of pyridine rings is 1. The molecule has 0 aromatic carbocycles. The van der Waals surface area contributed by atoms with E-state index in [1.165, 1.54) is 6.20 Å². The summed E-state index contributed by atoms with van der Waals surface area (Å²) in [6, 6.07) is 1.62. The first-order chi connectivity index (χ1) is 12.4. The van der Waals surface area contributed by atoms with Gasteiger partial charge < -0.3 is 9.47 Å². The fourth-order valence-electron chi connectivity index (χ4n) is 3.28. The van der Waals surface area contributed by atoms with Gasteiger partial charge in [0.15, 0.2) is 6.61 Å². The quantitative estimate of drug-likeness (QED) is 0.860. The molecule has 1 aromatic heterocycles. The molecule has 1 saturated heterocycles. The van der Waals surface area contributed by atoms with Crippen LogP contribution in [0.15, 0.2) is 12.3 Å². The maximum atomic E-state index is 12.5. The summed E-state index contributed by atoms with van der Waals surface area (Å²) in [5.41, 5.74) is 3.68. The number of hydrazine groups is 1. The van der Waals surface area contributed by atoms with Gasteiger partial charge in [0, 0.05) is 24.8 Å². The van der Waals surface area contributed by atoms with Crippen molar-refractivity contribution in [2.45, 2.75) is 37.8 Å². The number of hydrogen-bond acceptors (Lipinski definition) is 5. The Kier molecular flexibility index (Phi) is 5.98. The van der Waals surface area contributed by atoms with Gasteiger partial charge in [-0.15, -0.1) is 0 Å². The number of nitrogens with zero attached hydrogens (tertiary/aromatic N) is 2. The lowest BCUT2D eigenvalue weighted by molar-refractivity contribution is -0.154. The standard InChI is InChI=1S/C17H22F3N3O3/c18-17(19,20)11-26-16-14(12-3-1-2-4-12)9-13(10-21-16)15(24)22-23-5-7-25-8-6-23/h9-10,12H,1-8,11H2,(H,22,24). The van der Waals surface area contributed by atoms with Crippen LogP contribution in [0.3, 0.4) is 0 Å². The van der Waals surface area contributed by atoms with E-state index in [-0.39, 0.29) is 17.7 Å². The first kappa shape index (κ1) is 18.9. The Labute approximate surface area is 149 Å². The molecule has 2 heterocycles. The van der Waals surface area contributed by atoms with Crippen molar-refractivity contribution in [1.29, 1.82) is 0 Å². The average molecular weight is 373 g/mol. The highest BCUT2D eigenvalue weighted by Gasteiger charge is 2.30. The van der Waals surface area contributed by atoms with Crippen LogP contribution < -0.4 is 10.2 Å². The van der Waals surface area contributed by atoms with E-state index in [0.29, 0.717) is 37.4 Å². The van der Waals surface area contributed by atoms with E-state index in [9.17, 15) is 18.0 Å². The molecule has 3 rings (SSSR count). The number of nitrogens with one attached hydrogen (secondary N) is 1. The van der Waals surface area contributed by atoms with Crippen LogP contribution in [0.5, 0.6) is 5.88 Å². The van der Waals surface area contributed by atoms with E-state index in [4.69, 9.17) is 9.47 Å². The summed E-state index contributed by atoms with van der Waals surface area (Å²) in [6.07, 6.45) is 0.569. The summed E-state index contributed by atoms with van der Waals surface area (Å²) in [5.74, 6) is -0.292. The van der Waals surface area contributed by atoms with Gasteiger partial charge in [-0.1, -0.05) is 12.8 Å². The van der Waals surface area contributed by atoms with E-state index in [2.05, 4.69) is 10.4 Å². The van der Waals surface area contributed by atoms with Crippen LogP contribution in [-0.2, 0) is 4.74 Å². The zero-order chi connectivity index (χ0) is 18.6. The van der Waals surface area contributed by atoms with Gasteiger partial charge in [0.1, 0.15) is 0 Å². The predicted octanol–water partition coefficient (Wildman–Crippen LogP) is 2.66. The molecule has 144 valence electrons. The average Bonchev–Trinajstić information content (AvgIpc) is 3.14. The van der Waals surface area contributed by atoms with Gasteiger partial charge in [-0.25, -0.2) is 9.99 Å². The molecule has 1 aliphatic carbocycles. The molecule has 9 heteroatoms. The van der Waals surface area contributed by atoms with Crippen LogP contribution in [0, 0.1) is 0 Å². The number of alkyl halides is 3. The number of carbonyl (C=O) groups excluding carboxylic acids is 1. The number of rotatable bonds is 5. The molecule has 0 spiro atoms. The van der Waals surface area contributed by atoms with Gasteiger partial charge in [-0.3, -0.25) is 10.2 Å².